The lowest BCUT2D eigenvalue weighted by Gasteiger charge is -2.32. The summed E-state index contributed by atoms with van der Waals surface area (Å²) in [5, 5.41) is 5.29. The monoisotopic (exact) mass is 305 g/mol. The van der Waals surface area contributed by atoms with Crippen molar-refractivity contribution in [1.29, 1.82) is 0 Å². The van der Waals surface area contributed by atoms with E-state index in [1.54, 1.807) is 0 Å². The number of primary sulfonamides is 1. The topological polar surface area (TPSA) is 69.4 Å². The SMILES string of the molecule is CC(C)(C)CCOCC1(CS(N)(=O)=O)CCCCCC1. The van der Waals surface area contributed by atoms with E-state index >= 15 is 0 Å². The fourth-order valence-electron chi connectivity index (χ4n) is 2.90. The fraction of sp³-hybridized carbons (Fsp3) is 1.00. The average Bonchev–Trinajstić information content (AvgIpc) is 2.47. The van der Waals surface area contributed by atoms with E-state index in [4.69, 9.17) is 9.88 Å². The van der Waals surface area contributed by atoms with Gasteiger partial charge in [0.2, 0.25) is 10.0 Å². The molecule has 0 aliphatic heterocycles. The molecule has 1 rings (SSSR count). The van der Waals surface area contributed by atoms with Crippen molar-refractivity contribution in [2.75, 3.05) is 19.0 Å². The van der Waals surface area contributed by atoms with E-state index in [0.717, 1.165) is 32.1 Å². The van der Waals surface area contributed by atoms with Crippen LogP contribution in [0.4, 0.5) is 0 Å². The number of rotatable bonds is 6. The largest absolute Gasteiger partial charge is 0.381 e. The predicted molar refractivity (Wildman–Crippen MR) is 83.0 cm³/mol. The average molecular weight is 305 g/mol. The standard InChI is InChI=1S/C15H31NO3S/c1-14(2,3)10-11-19-12-15(13-20(16,17)18)8-6-4-5-7-9-15/h4-13H2,1-3H3,(H2,16,17,18). The van der Waals surface area contributed by atoms with E-state index in [0.29, 0.717) is 13.2 Å². The number of hydrogen-bond acceptors (Lipinski definition) is 3. The summed E-state index contributed by atoms with van der Waals surface area (Å²) in [6, 6.07) is 0. The summed E-state index contributed by atoms with van der Waals surface area (Å²) in [5.74, 6) is 0.0650. The van der Waals surface area contributed by atoms with Crippen LogP contribution in [0.2, 0.25) is 0 Å². The minimum Gasteiger partial charge on any atom is -0.381 e. The van der Waals surface area contributed by atoms with Crippen LogP contribution in [0.1, 0.15) is 65.7 Å². The van der Waals surface area contributed by atoms with E-state index in [2.05, 4.69) is 20.8 Å². The first-order chi connectivity index (χ1) is 9.12. The molecule has 20 heavy (non-hydrogen) atoms. The first kappa shape index (κ1) is 17.9. The summed E-state index contributed by atoms with van der Waals surface area (Å²) in [4.78, 5) is 0. The highest BCUT2D eigenvalue weighted by Gasteiger charge is 2.35. The van der Waals surface area contributed by atoms with E-state index < -0.39 is 10.0 Å². The second-order valence-electron chi connectivity index (χ2n) is 7.58. The molecule has 0 aromatic carbocycles. The van der Waals surface area contributed by atoms with Crippen molar-refractivity contribution in [3.63, 3.8) is 0 Å². The van der Waals surface area contributed by atoms with Crippen molar-refractivity contribution >= 4 is 10.0 Å². The van der Waals surface area contributed by atoms with Gasteiger partial charge in [-0.25, -0.2) is 13.6 Å². The molecule has 0 spiro atoms. The minimum absolute atomic E-state index is 0.0650. The third-order valence-corrected chi connectivity index (χ3v) is 5.09. The maximum Gasteiger partial charge on any atom is 0.209 e. The smallest absolute Gasteiger partial charge is 0.209 e. The molecule has 1 saturated carbocycles. The minimum atomic E-state index is -3.44. The summed E-state index contributed by atoms with van der Waals surface area (Å²) >= 11 is 0. The van der Waals surface area contributed by atoms with Gasteiger partial charge in [-0.1, -0.05) is 46.5 Å². The molecule has 0 aromatic rings. The summed E-state index contributed by atoms with van der Waals surface area (Å²) in [7, 11) is -3.44. The Bertz CT molecular complexity index is 376. The Morgan fingerprint density at radius 1 is 1.10 bits per heavy atom. The van der Waals surface area contributed by atoms with E-state index in [1.807, 2.05) is 0 Å². The summed E-state index contributed by atoms with van der Waals surface area (Å²) in [6.45, 7) is 7.77. The molecule has 0 saturated heterocycles. The third-order valence-electron chi connectivity index (χ3n) is 4.08. The van der Waals surface area contributed by atoms with Gasteiger partial charge in [-0.3, -0.25) is 0 Å². The maximum absolute atomic E-state index is 11.5. The van der Waals surface area contributed by atoms with Crippen LogP contribution >= 0.6 is 0 Å². The maximum atomic E-state index is 11.5. The zero-order chi connectivity index (χ0) is 15.3. The van der Waals surface area contributed by atoms with Gasteiger partial charge in [0.1, 0.15) is 0 Å². The van der Waals surface area contributed by atoms with E-state index in [-0.39, 0.29) is 16.6 Å². The lowest BCUT2D eigenvalue weighted by atomic mass is 9.83. The van der Waals surface area contributed by atoms with Crippen LogP contribution in [-0.4, -0.2) is 27.4 Å². The molecule has 120 valence electrons. The lowest BCUT2D eigenvalue weighted by molar-refractivity contribution is 0.0337. The van der Waals surface area contributed by atoms with Crippen molar-refractivity contribution < 1.29 is 13.2 Å². The normalized spacial score (nSPS) is 20.6. The van der Waals surface area contributed by atoms with Crippen molar-refractivity contribution in [2.45, 2.75) is 65.7 Å². The number of ether oxygens (including phenoxy) is 1. The summed E-state index contributed by atoms with van der Waals surface area (Å²) < 4.78 is 28.9. The van der Waals surface area contributed by atoms with Gasteiger partial charge in [0.25, 0.3) is 0 Å². The van der Waals surface area contributed by atoms with Crippen LogP contribution in [0.25, 0.3) is 0 Å². The van der Waals surface area contributed by atoms with Crippen LogP contribution in [-0.2, 0) is 14.8 Å². The fourth-order valence-corrected chi connectivity index (χ4v) is 4.13. The molecule has 1 aliphatic rings. The molecule has 0 amide bonds. The van der Waals surface area contributed by atoms with Crippen molar-refractivity contribution in [3.05, 3.63) is 0 Å². The molecule has 0 atom stereocenters. The molecule has 0 heterocycles. The molecular formula is C15H31NO3S. The molecule has 0 radical (unpaired) electrons. The first-order valence-electron chi connectivity index (χ1n) is 7.70. The van der Waals surface area contributed by atoms with Gasteiger partial charge >= 0.3 is 0 Å². The molecular weight excluding hydrogens is 274 g/mol. The third kappa shape index (κ3) is 7.60. The quantitative estimate of drug-likeness (QED) is 0.605. The van der Waals surface area contributed by atoms with Gasteiger partial charge in [-0.05, 0) is 24.7 Å². The zero-order valence-electron chi connectivity index (χ0n) is 13.3. The molecule has 5 heteroatoms. The zero-order valence-corrected chi connectivity index (χ0v) is 14.1. The van der Waals surface area contributed by atoms with E-state index in [1.165, 1.54) is 12.8 Å². The molecule has 1 aliphatic carbocycles. The Labute approximate surface area is 124 Å². The number of hydrogen-bond donors (Lipinski definition) is 1. The van der Waals surface area contributed by atoms with Crippen molar-refractivity contribution in [3.8, 4) is 0 Å². The van der Waals surface area contributed by atoms with Crippen LogP contribution in [0.3, 0.4) is 0 Å². The highest BCUT2D eigenvalue weighted by Crippen LogP contribution is 2.36. The highest BCUT2D eigenvalue weighted by molar-refractivity contribution is 7.89. The van der Waals surface area contributed by atoms with Crippen LogP contribution in [0, 0.1) is 10.8 Å². The summed E-state index contributed by atoms with van der Waals surface area (Å²) in [5.41, 5.74) is -0.0153. The molecule has 2 N–H and O–H groups in total. The number of nitrogens with two attached hydrogens (primary N) is 1. The van der Waals surface area contributed by atoms with Crippen molar-refractivity contribution in [2.24, 2.45) is 16.0 Å². The van der Waals surface area contributed by atoms with Gasteiger partial charge in [-0.15, -0.1) is 0 Å². The Morgan fingerprint density at radius 3 is 2.10 bits per heavy atom. The molecule has 1 fully saturated rings. The second-order valence-corrected chi connectivity index (χ2v) is 9.20. The predicted octanol–water partition coefficient (Wildman–Crippen LogP) is 3.07. The number of sulfonamides is 1. The Hall–Kier alpha value is -0.130. The van der Waals surface area contributed by atoms with Gasteiger partial charge in [-0.2, -0.15) is 0 Å². The van der Waals surface area contributed by atoms with E-state index in [9.17, 15) is 8.42 Å². The first-order valence-corrected chi connectivity index (χ1v) is 9.42. The Morgan fingerprint density at radius 2 is 1.65 bits per heavy atom. The van der Waals surface area contributed by atoms with Crippen LogP contribution in [0.5, 0.6) is 0 Å². The van der Waals surface area contributed by atoms with Crippen LogP contribution < -0.4 is 5.14 Å². The van der Waals surface area contributed by atoms with Gasteiger partial charge < -0.3 is 4.74 Å². The Kier molecular flexibility index (Phi) is 6.48. The lowest BCUT2D eigenvalue weighted by Crippen LogP contribution is -2.37. The molecule has 0 unspecified atom stereocenters. The molecule has 0 bridgehead atoms. The molecule has 0 aromatic heterocycles. The molecule has 4 nitrogen and oxygen atoms in total. The van der Waals surface area contributed by atoms with Gasteiger partial charge in [0, 0.05) is 12.0 Å². The second kappa shape index (κ2) is 7.23. The van der Waals surface area contributed by atoms with Gasteiger partial charge in [0.15, 0.2) is 0 Å². The van der Waals surface area contributed by atoms with Crippen LogP contribution in [0.15, 0.2) is 0 Å². The summed E-state index contributed by atoms with van der Waals surface area (Å²) in [6.07, 6.45) is 7.36. The van der Waals surface area contributed by atoms with Gasteiger partial charge in [0.05, 0.1) is 12.4 Å². The Balaban J connectivity index is 2.58. The van der Waals surface area contributed by atoms with Crippen molar-refractivity contribution in [1.82, 2.24) is 0 Å². The highest BCUT2D eigenvalue weighted by atomic mass is 32.2.